The predicted octanol–water partition coefficient (Wildman–Crippen LogP) is 4.37. The highest BCUT2D eigenvalue weighted by Crippen LogP contribution is 2.69. The van der Waals surface area contributed by atoms with Crippen molar-refractivity contribution in [3.63, 3.8) is 0 Å². The minimum absolute atomic E-state index is 0.00444. The zero-order valence-electron chi connectivity index (χ0n) is 18.3. The quantitative estimate of drug-likeness (QED) is 0.683. The molecule has 0 spiro atoms. The zero-order valence-corrected chi connectivity index (χ0v) is 19.1. The largest absolute Gasteiger partial charge is 0.481 e. The maximum Gasteiger partial charge on any atom is 0.303 e. The van der Waals surface area contributed by atoms with E-state index in [0.717, 1.165) is 32.1 Å². The van der Waals surface area contributed by atoms with Crippen LogP contribution in [0.15, 0.2) is 11.6 Å². The lowest BCUT2D eigenvalue weighted by Crippen LogP contribution is -2.58. The van der Waals surface area contributed by atoms with Crippen molar-refractivity contribution >= 4 is 28.6 Å². The highest BCUT2D eigenvalue weighted by Gasteiger charge is 2.65. The normalized spacial score (nSPS) is 45.2. The van der Waals surface area contributed by atoms with Crippen molar-refractivity contribution in [2.24, 2.45) is 28.6 Å². The number of ketones is 1. The predicted molar refractivity (Wildman–Crippen MR) is 116 cm³/mol. The van der Waals surface area contributed by atoms with Crippen LogP contribution in [0, 0.1) is 28.6 Å². The van der Waals surface area contributed by atoms with Crippen molar-refractivity contribution in [1.82, 2.24) is 0 Å². The molecule has 0 aromatic heterocycles. The maximum absolute atomic E-state index is 12.2. The number of carboxylic acids is 1. The lowest BCUT2D eigenvalue weighted by atomic mass is 9.46. The minimum Gasteiger partial charge on any atom is -0.481 e. The van der Waals surface area contributed by atoms with Crippen LogP contribution in [0.2, 0.25) is 0 Å². The fourth-order valence-electron chi connectivity index (χ4n) is 7.67. The third-order valence-corrected chi connectivity index (χ3v) is 10.5. The Morgan fingerprint density at radius 1 is 1.17 bits per heavy atom. The third-order valence-electron chi connectivity index (χ3n) is 9.35. The molecule has 0 bridgehead atoms. The second-order valence-electron chi connectivity index (χ2n) is 10.6. The number of carboxylic acid groups (broad SMARTS) is 1. The first-order valence-electron chi connectivity index (χ1n) is 11.4. The molecule has 0 saturated heterocycles. The minimum atomic E-state index is -0.952. The van der Waals surface area contributed by atoms with Gasteiger partial charge in [-0.3, -0.25) is 14.4 Å². The summed E-state index contributed by atoms with van der Waals surface area (Å²) in [7, 11) is 0. The highest BCUT2D eigenvalue weighted by atomic mass is 32.2. The zero-order chi connectivity index (χ0) is 21.9. The molecule has 0 aromatic carbocycles. The Hall–Kier alpha value is -1.14. The van der Waals surface area contributed by atoms with Gasteiger partial charge in [-0.2, -0.15) is 0 Å². The van der Waals surface area contributed by atoms with Gasteiger partial charge in [0.1, 0.15) is 0 Å². The molecule has 2 N–H and O–H groups in total. The fraction of sp³-hybridized carbons (Fsp3) is 0.792. The van der Waals surface area contributed by atoms with Crippen LogP contribution in [-0.2, 0) is 14.4 Å². The molecule has 0 amide bonds. The van der Waals surface area contributed by atoms with Crippen LogP contribution < -0.4 is 0 Å². The van der Waals surface area contributed by atoms with Crippen molar-refractivity contribution in [1.29, 1.82) is 0 Å². The molecule has 4 aliphatic carbocycles. The standard InChI is InChI=1S/C24H34O5S/c1-14(25)30-19-13-15-12-16(26)4-8-22(15,2)17-5-9-23(3)18(21(17)19)6-10-24(23,29)11-7-20(27)28/h12,17-19,21,29H,4-11,13H2,1-3H3,(H,27,28)/t17?,18?,19?,21?,22-,23-,24?/m0/s1. The van der Waals surface area contributed by atoms with Crippen molar-refractivity contribution < 1.29 is 24.6 Å². The van der Waals surface area contributed by atoms with Crippen LogP contribution in [0.25, 0.3) is 0 Å². The average Bonchev–Trinajstić information content (AvgIpc) is 2.93. The third kappa shape index (κ3) is 3.29. The van der Waals surface area contributed by atoms with Crippen LogP contribution in [0.1, 0.15) is 78.6 Å². The van der Waals surface area contributed by atoms with Gasteiger partial charge in [-0.1, -0.05) is 31.2 Å². The summed E-state index contributed by atoms with van der Waals surface area (Å²) in [6.45, 7) is 6.09. The molecule has 3 saturated carbocycles. The average molecular weight is 435 g/mol. The van der Waals surface area contributed by atoms with Crippen LogP contribution in [0.4, 0.5) is 0 Å². The number of allylic oxidation sites excluding steroid dienone is 1. The SMILES string of the molecule is CC(=O)SC1CC2=CC(=O)CC[C@]2(C)C2CC[C@@]3(C)C(CCC3(O)CCC(=O)O)C12. The molecule has 3 fully saturated rings. The summed E-state index contributed by atoms with van der Waals surface area (Å²) in [5.74, 6) is 0.343. The summed E-state index contributed by atoms with van der Waals surface area (Å²) in [5, 5.41) is 21.0. The van der Waals surface area contributed by atoms with Gasteiger partial charge in [-0.05, 0) is 79.6 Å². The van der Waals surface area contributed by atoms with Crippen LogP contribution in [0.3, 0.4) is 0 Å². The number of aliphatic hydroxyl groups is 1. The van der Waals surface area contributed by atoms with E-state index in [9.17, 15) is 24.6 Å². The van der Waals surface area contributed by atoms with Crippen LogP contribution in [-0.4, -0.2) is 37.9 Å². The molecule has 4 aliphatic rings. The number of carbonyl (C=O) groups is 3. The second kappa shape index (κ2) is 7.47. The van der Waals surface area contributed by atoms with E-state index in [1.165, 1.54) is 17.3 Å². The Bertz CT molecular complexity index is 805. The molecule has 5 unspecified atom stereocenters. The van der Waals surface area contributed by atoms with E-state index in [-0.39, 0.29) is 39.3 Å². The van der Waals surface area contributed by atoms with E-state index in [1.807, 2.05) is 6.08 Å². The van der Waals surface area contributed by atoms with Crippen molar-refractivity contribution in [3.8, 4) is 0 Å². The Morgan fingerprint density at radius 3 is 2.53 bits per heavy atom. The smallest absolute Gasteiger partial charge is 0.303 e. The van der Waals surface area contributed by atoms with Gasteiger partial charge in [0.15, 0.2) is 10.9 Å². The number of fused-ring (bicyclic) bond motifs is 5. The summed E-state index contributed by atoms with van der Waals surface area (Å²) < 4.78 is 0. The Kier molecular flexibility index (Phi) is 5.50. The first kappa shape index (κ1) is 22.1. The first-order chi connectivity index (χ1) is 14.0. The Balaban J connectivity index is 1.71. The Morgan fingerprint density at radius 2 is 1.87 bits per heavy atom. The molecule has 0 radical (unpaired) electrons. The van der Waals surface area contributed by atoms with Crippen LogP contribution >= 0.6 is 11.8 Å². The van der Waals surface area contributed by atoms with E-state index in [0.29, 0.717) is 31.1 Å². The molecular weight excluding hydrogens is 400 g/mol. The molecule has 5 nitrogen and oxygen atoms in total. The lowest BCUT2D eigenvalue weighted by Gasteiger charge is -2.61. The molecule has 166 valence electrons. The topological polar surface area (TPSA) is 91.7 Å². The second-order valence-corrected chi connectivity index (χ2v) is 12.0. The fourth-order valence-corrected chi connectivity index (χ4v) is 8.90. The molecule has 30 heavy (non-hydrogen) atoms. The van der Waals surface area contributed by atoms with Gasteiger partial charge in [0, 0.05) is 25.0 Å². The van der Waals surface area contributed by atoms with Crippen molar-refractivity contribution in [2.45, 2.75) is 89.4 Å². The molecule has 4 rings (SSSR count). The highest BCUT2D eigenvalue weighted by molar-refractivity contribution is 8.14. The molecule has 0 aliphatic heterocycles. The van der Waals surface area contributed by atoms with Crippen molar-refractivity contribution in [2.75, 3.05) is 0 Å². The van der Waals surface area contributed by atoms with Gasteiger partial charge >= 0.3 is 5.97 Å². The van der Waals surface area contributed by atoms with Crippen LogP contribution in [0.5, 0.6) is 0 Å². The summed E-state index contributed by atoms with van der Waals surface area (Å²) in [4.78, 5) is 35.5. The molecule has 6 heteroatoms. The van der Waals surface area contributed by atoms with E-state index in [1.54, 1.807) is 6.92 Å². The lowest BCUT2D eigenvalue weighted by molar-refractivity contribution is -0.146. The van der Waals surface area contributed by atoms with E-state index in [4.69, 9.17) is 0 Å². The Labute approximate surface area is 183 Å². The van der Waals surface area contributed by atoms with Gasteiger partial charge in [0.2, 0.25) is 0 Å². The van der Waals surface area contributed by atoms with E-state index >= 15 is 0 Å². The van der Waals surface area contributed by atoms with Gasteiger partial charge in [-0.25, -0.2) is 0 Å². The van der Waals surface area contributed by atoms with Crippen molar-refractivity contribution in [3.05, 3.63) is 11.6 Å². The number of rotatable bonds is 4. The maximum atomic E-state index is 12.2. The molecule has 7 atom stereocenters. The van der Waals surface area contributed by atoms with Gasteiger partial charge in [0.25, 0.3) is 0 Å². The first-order valence-corrected chi connectivity index (χ1v) is 12.2. The van der Waals surface area contributed by atoms with E-state index < -0.39 is 11.6 Å². The number of thioether (sulfide) groups is 1. The number of aliphatic carboxylic acids is 1. The molecule has 0 aromatic rings. The molecule has 0 heterocycles. The summed E-state index contributed by atoms with van der Waals surface area (Å²) in [5.41, 5.74) is -0.0514. The summed E-state index contributed by atoms with van der Waals surface area (Å²) >= 11 is 1.42. The number of carbonyl (C=O) groups excluding carboxylic acids is 2. The van der Waals surface area contributed by atoms with Gasteiger partial charge in [-0.15, -0.1) is 0 Å². The summed E-state index contributed by atoms with van der Waals surface area (Å²) in [6.07, 6.45) is 7.76. The molecular formula is C24H34O5S. The van der Waals surface area contributed by atoms with E-state index in [2.05, 4.69) is 13.8 Å². The number of hydrogen-bond donors (Lipinski definition) is 2. The van der Waals surface area contributed by atoms with Gasteiger partial charge in [0.05, 0.1) is 5.60 Å². The monoisotopic (exact) mass is 434 g/mol. The summed E-state index contributed by atoms with van der Waals surface area (Å²) in [6, 6.07) is 0. The number of hydrogen-bond acceptors (Lipinski definition) is 5. The van der Waals surface area contributed by atoms with Gasteiger partial charge < -0.3 is 10.2 Å².